The van der Waals surface area contributed by atoms with Crippen molar-refractivity contribution in [1.29, 1.82) is 0 Å². The van der Waals surface area contributed by atoms with Gasteiger partial charge in [-0.15, -0.1) is 0 Å². The van der Waals surface area contributed by atoms with Gasteiger partial charge in [-0.05, 0) is 19.1 Å². The summed E-state index contributed by atoms with van der Waals surface area (Å²) in [7, 11) is 0. The van der Waals surface area contributed by atoms with Crippen molar-refractivity contribution in [3.05, 3.63) is 41.6 Å². The first-order chi connectivity index (χ1) is 8.08. The summed E-state index contributed by atoms with van der Waals surface area (Å²) in [6, 6.07) is 7.69. The highest BCUT2D eigenvalue weighted by Crippen LogP contribution is 2.17. The fourth-order valence-electron chi connectivity index (χ4n) is 1.58. The van der Waals surface area contributed by atoms with E-state index in [9.17, 15) is 4.79 Å². The van der Waals surface area contributed by atoms with Gasteiger partial charge >= 0.3 is 5.97 Å². The lowest BCUT2D eigenvalue weighted by Crippen LogP contribution is -2.05. The quantitative estimate of drug-likeness (QED) is 0.836. The summed E-state index contributed by atoms with van der Waals surface area (Å²) in [5.41, 5.74) is 8.35. The smallest absolute Gasteiger partial charge is 0.308 e. The van der Waals surface area contributed by atoms with Gasteiger partial charge in [0.05, 0.1) is 18.3 Å². The van der Waals surface area contributed by atoms with E-state index >= 15 is 0 Å². The first kappa shape index (κ1) is 11.2. The number of nitrogens with two attached hydrogens (primary N) is 1. The summed E-state index contributed by atoms with van der Waals surface area (Å²) < 4.78 is 1.54. The number of aliphatic carboxylic acids is 1. The number of nitrogens with zero attached hydrogens (tertiary/aromatic N) is 2. The van der Waals surface area contributed by atoms with E-state index in [-0.39, 0.29) is 6.42 Å². The molecule has 0 radical (unpaired) electrons. The van der Waals surface area contributed by atoms with Crippen molar-refractivity contribution in [2.75, 3.05) is 5.73 Å². The molecule has 0 unspecified atom stereocenters. The second kappa shape index (κ2) is 4.29. The van der Waals surface area contributed by atoms with Crippen LogP contribution in [0.5, 0.6) is 0 Å². The first-order valence-corrected chi connectivity index (χ1v) is 5.19. The van der Waals surface area contributed by atoms with E-state index in [1.54, 1.807) is 0 Å². The normalized spacial score (nSPS) is 10.4. The number of anilines is 1. The van der Waals surface area contributed by atoms with E-state index in [2.05, 4.69) is 5.10 Å². The predicted octanol–water partition coefficient (Wildman–Crippen LogP) is 1.39. The summed E-state index contributed by atoms with van der Waals surface area (Å²) >= 11 is 0. The highest BCUT2D eigenvalue weighted by molar-refractivity contribution is 5.72. The van der Waals surface area contributed by atoms with E-state index < -0.39 is 5.97 Å². The Morgan fingerprint density at radius 1 is 1.41 bits per heavy atom. The molecule has 5 heteroatoms. The monoisotopic (exact) mass is 231 g/mol. The molecule has 1 aromatic heterocycles. The van der Waals surface area contributed by atoms with Crippen LogP contribution in [0.25, 0.3) is 5.69 Å². The topological polar surface area (TPSA) is 81.1 Å². The van der Waals surface area contributed by atoms with Gasteiger partial charge in [-0.1, -0.05) is 17.7 Å². The summed E-state index contributed by atoms with van der Waals surface area (Å²) in [5, 5.41) is 12.8. The molecular formula is C12H13N3O2. The number of nitrogen functional groups attached to an aromatic ring is 1. The number of hydrogen-bond donors (Lipinski definition) is 2. The van der Waals surface area contributed by atoms with E-state index in [0.29, 0.717) is 11.4 Å². The van der Waals surface area contributed by atoms with Gasteiger partial charge < -0.3 is 10.8 Å². The Hall–Kier alpha value is -2.30. The van der Waals surface area contributed by atoms with Gasteiger partial charge in [0.2, 0.25) is 0 Å². The third kappa shape index (κ3) is 2.28. The van der Waals surface area contributed by atoms with E-state index in [1.165, 1.54) is 10.9 Å². The lowest BCUT2D eigenvalue weighted by molar-refractivity contribution is -0.136. The summed E-state index contributed by atoms with van der Waals surface area (Å²) in [4.78, 5) is 10.6. The second-order valence-electron chi connectivity index (χ2n) is 3.87. The van der Waals surface area contributed by atoms with Gasteiger partial charge in [-0.25, -0.2) is 4.68 Å². The Kier molecular flexibility index (Phi) is 2.82. The Labute approximate surface area is 98.5 Å². The maximum Gasteiger partial charge on any atom is 0.308 e. The third-order valence-corrected chi connectivity index (χ3v) is 2.51. The molecule has 0 saturated heterocycles. The summed E-state index contributed by atoms with van der Waals surface area (Å²) in [6.45, 7) is 1.99. The van der Waals surface area contributed by atoms with Crippen LogP contribution in [-0.2, 0) is 11.2 Å². The molecule has 0 fully saturated rings. The lowest BCUT2D eigenvalue weighted by Gasteiger charge is -2.04. The van der Waals surface area contributed by atoms with Crippen LogP contribution < -0.4 is 5.73 Å². The van der Waals surface area contributed by atoms with Gasteiger partial charge in [0.25, 0.3) is 0 Å². The molecule has 88 valence electrons. The molecule has 1 aromatic carbocycles. The molecule has 0 atom stereocenters. The summed E-state index contributed by atoms with van der Waals surface area (Å²) in [6.07, 6.45) is 1.38. The van der Waals surface area contributed by atoms with Crippen LogP contribution in [0.1, 0.15) is 11.1 Å². The Balaban J connectivity index is 2.37. The van der Waals surface area contributed by atoms with Crippen LogP contribution in [0.15, 0.2) is 30.5 Å². The Morgan fingerprint density at radius 3 is 2.65 bits per heavy atom. The van der Waals surface area contributed by atoms with Crippen molar-refractivity contribution in [3.8, 4) is 5.69 Å². The van der Waals surface area contributed by atoms with Crippen LogP contribution >= 0.6 is 0 Å². The Bertz CT molecular complexity index is 543. The number of aromatic nitrogens is 2. The molecule has 0 aliphatic rings. The Morgan fingerprint density at radius 2 is 2.06 bits per heavy atom. The number of carbonyl (C=O) groups is 1. The molecule has 2 aromatic rings. The van der Waals surface area contributed by atoms with Crippen molar-refractivity contribution in [2.24, 2.45) is 0 Å². The largest absolute Gasteiger partial charge is 0.481 e. The SMILES string of the molecule is Cc1ccc(-n2ncc(CC(=O)O)c2N)cc1. The minimum absolute atomic E-state index is 0.113. The standard InChI is InChI=1S/C12H13N3O2/c1-8-2-4-10(5-3-8)15-12(13)9(7-14-15)6-11(16)17/h2-5,7H,6,13H2,1H3,(H,16,17). The maximum absolute atomic E-state index is 10.6. The third-order valence-electron chi connectivity index (χ3n) is 2.51. The van der Waals surface area contributed by atoms with Crippen molar-refractivity contribution in [2.45, 2.75) is 13.3 Å². The van der Waals surface area contributed by atoms with E-state index in [1.807, 2.05) is 31.2 Å². The molecule has 5 nitrogen and oxygen atoms in total. The van der Waals surface area contributed by atoms with Gasteiger partial charge in [0.15, 0.2) is 0 Å². The number of carboxylic acid groups (broad SMARTS) is 1. The zero-order chi connectivity index (χ0) is 12.4. The molecular weight excluding hydrogens is 218 g/mol. The molecule has 3 N–H and O–H groups in total. The zero-order valence-corrected chi connectivity index (χ0v) is 9.42. The van der Waals surface area contributed by atoms with E-state index in [0.717, 1.165) is 11.3 Å². The van der Waals surface area contributed by atoms with Crippen LogP contribution in [0.4, 0.5) is 5.82 Å². The van der Waals surface area contributed by atoms with Crippen LogP contribution in [0.2, 0.25) is 0 Å². The molecule has 17 heavy (non-hydrogen) atoms. The molecule has 0 amide bonds. The lowest BCUT2D eigenvalue weighted by atomic mass is 10.2. The van der Waals surface area contributed by atoms with Crippen LogP contribution in [0.3, 0.4) is 0 Å². The molecule has 0 bridgehead atoms. The highest BCUT2D eigenvalue weighted by Gasteiger charge is 2.11. The number of carboxylic acids is 1. The van der Waals surface area contributed by atoms with Gasteiger partial charge in [-0.2, -0.15) is 5.10 Å². The van der Waals surface area contributed by atoms with E-state index in [4.69, 9.17) is 10.8 Å². The average molecular weight is 231 g/mol. The molecule has 0 spiro atoms. The molecule has 2 rings (SSSR count). The molecule has 1 heterocycles. The second-order valence-corrected chi connectivity index (χ2v) is 3.87. The van der Waals surface area contributed by atoms with Crippen LogP contribution in [-0.4, -0.2) is 20.9 Å². The zero-order valence-electron chi connectivity index (χ0n) is 9.42. The number of benzene rings is 1. The minimum atomic E-state index is -0.917. The molecule has 0 aliphatic heterocycles. The van der Waals surface area contributed by atoms with Crippen molar-refractivity contribution >= 4 is 11.8 Å². The number of rotatable bonds is 3. The predicted molar refractivity (Wildman–Crippen MR) is 64.1 cm³/mol. The van der Waals surface area contributed by atoms with Crippen molar-refractivity contribution < 1.29 is 9.90 Å². The van der Waals surface area contributed by atoms with Gasteiger partial charge in [0.1, 0.15) is 5.82 Å². The summed E-state index contributed by atoms with van der Waals surface area (Å²) in [5.74, 6) is -0.545. The van der Waals surface area contributed by atoms with Crippen molar-refractivity contribution in [1.82, 2.24) is 9.78 Å². The average Bonchev–Trinajstić information content (AvgIpc) is 2.61. The van der Waals surface area contributed by atoms with Crippen LogP contribution in [0, 0.1) is 6.92 Å². The fraction of sp³-hybridized carbons (Fsp3) is 0.167. The number of aryl methyl sites for hydroxylation is 1. The van der Waals surface area contributed by atoms with Crippen molar-refractivity contribution in [3.63, 3.8) is 0 Å². The minimum Gasteiger partial charge on any atom is -0.481 e. The number of hydrogen-bond acceptors (Lipinski definition) is 3. The van der Waals surface area contributed by atoms with Gasteiger partial charge in [-0.3, -0.25) is 4.79 Å². The van der Waals surface area contributed by atoms with Gasteiger partial charge in [0, 0.05) is 5.56 Å². The fourth-order valence-corrected chi connectivity index (χ4v) is 1.58. The molecule has 0 aliphatic carbocycles. The highest BCUT2D eigenvalue weighted by atomic mass is 16.4. The maximum atomic E-state index is 10.6. The first-order valence-electron chi connectivity index (χ1n) is 5.19. The molecule has 0 saturated carbocycles.